The van der Waals surface area contributed by atoms with Gasteiger partial charge in [0.15, 0.2) is 5.16 Å². The molecule has 0 saturated heterocycles. The minimum atomic E-state index is -0.761. The molecule has 2 amide bonds. The van der Waals surface area contributed by atoms with Crippen LogP contribution >= 0.6 is 11.8 Å². The topological polar surface area (TPSA) is 108 Å². The number of hydrogen-bond acceptors (Lipinski definition) is 6. The second-order valence-electron chi connectivity index (χ2n) is 3.64. The second kappa shape index (κ2) is 6.15. The molecule has 98 valence electrons. The Labute approximate surface area is 107 Å². The van der Waals surface area contributed by atoms with E-state index in [0.29, 0.717) is 10.2 Å². The number of thioether (sulfide) groups is 1. The molecule has 0 radical (unpaired) electrons. The Morgan fingerprint density at radius 1 is 1.61 bits per heavy atom. The van der Waals surface area contributed by atoms with Crippen LogP contribution in [0.2, 0.25) is 0 Å². The third-order valence-electron chi connectivity index (χ3n) is 1.72. The van der Waals surface area contributed by atoms with Gasteiger partial charge < -0.3 is 4.98 Å². The number of carbonyl (C=O) groups excluding carboxylic acids is 1. The first-order valence-corrected chi connectivity index (χ1v) is 5.96. The lowest BCUT2D eigenvalue weighted by atomic mass is 10.6. The van der Waals surface area contributed by atoms with Crippen LogP contribution in [0.3, 0.4) is 0 Å². The summed E-state index contributed by atoms with van der Waals surface area (Å²) < 4.78 is 0. The lowest BCUT2D eigenvalue weighted by Crippen LogP contribution is -2.27. The van der Waals surface area contributed by atoms with E-state index >= 15 is 0 Å². The van der Waals surface area contributed by atoms with E-state index < -0.39 is 6.03 Å². The van der Waals surface area contributed by atoms with Gasteiger partial charge in [0.25, 0.3) is 5.56 Å². The number of H-pyrrole nitrogens is 1. The van der Waals surface area contributed by atoms with Gasteiger partial charge in [0, 0.05) is 18.4 Å². The van der Waals surface area contributed by atoms with Gasteiger partial charge >= 0.3 is 6.03 Å². The van der Waals surface area contributed by atoms with Gasteiger partial charge in [-0.15, -0.1) is 4.91 Å². The SMILES string of the molecule is CC(C)Sc1nc(NC(=O)N(C)N=O)cc(=O)[nH]1. The molecule has 0 bridgehead atoms. The summed E-state index contributed by atoms with van der Waals surface area (Å²) in [6, 6.07) is 0.365. The zero-order valence-corrected chi connectivity index (χ0v) is 10.9. The molecule has 8 nitrogen and oxygen atoms in total. The summed E-state index contributed by atoms with van der Waals surface area (Å²) in [5.41, 5.74) is -0.384. The van der Waals surface area contributed by atoms with Crippen LogP contribution in [0.1, 0.15) is 13.8 Å². The number of rotatable bonds is 4. The number of nitrogens with one attached hydrogen (secondary N) is 2. The van der Waals surface area contributed by atoms with Crippen LogP contribution in [-0.4, -0.2) is 33.3 Å². The van der Waals surface area contributed by atoms with E-state index in [1.54, 1.807) is 0 Å². The van der Waals surface area contributed by atoms with Crippen molar-refractivity contribution in [1.82, 2.24) is 15.0 Å². The van der Waals surface area contributed by atoms with E-state index in [1.807, 2.05) is 13.8 Å². The van der Waals surface area contributed by atoms with Crippen molar-refractivity contribution in [2.45, 2.75) is 24.3 Å². The molecule has 18 heavy (non-hydrogen) atoms. The van der Waals surface area contributed by atoms with Crippen molar-refractivity contribution in [1.29, 1.82) is 0 Å². The number of anilines is 1. The van der Waals surface area contributed by atoms with Gasteiger partial charge in [-0.1, -0.05) is 25.6 Å². The zero-order valence-electron chi connectivity index (χ0n) is 10.1. The molecule has 0 atom stereocenters. The Kier molecular flexibility index (Phi) is 4.84. The second-order valence-corrected chi connectivity index (χ2v) is 5.20. The van der Waals surface area contributed by atoms with Crippen LogP contribution in [0.15, 0.2) is 21.3 Å². The average molecular weight is 271 g/mol. The third kappa shape index (κ3) is 4.17. The van der Waals surface area contributed by atoms with Crippen molar-refractivity contribution in [3.05, 3.63) is 21.3 Å². The van der Waals surface area contributed by atoms with Gasteiger partial charge in [0.2, 0.25) is 0 Å². The molecular formula is C9H13N5O3S. The molecule has 0 spiro atoms. The van der Waals surface area contributed by atoms with Crippen LogP contribution in [0.5, 0.6) is 0 Å². The summed E-state index contributed by atoms with van der Waals surface area (Å²) >= 11 is 1.35. The maximum absolute atomic E-state index is 11.4. The first-order chi connectivity index (χ1) is 8.42. The van der Waals surface area contributed by atoms with Gasteiger partial charge in [-0.25, -0.2) is 9.78 Å². The fourth-order valence-electron chi connectivity index (χ4n) is 1.01. The molecule has 1 rings (SSSR count). The van der Waals surface area contributed by atoms with Crippen molar-refractivity contribution >= 4 is 23.6 Å². The summed E-state index contributed by atoms with van der Waals surface area (Å²) in [7, 11) is 1.19. The van der Waals surface area contributed by atoms with Gasteiger partial charge in [-0.2, -0.15) is 5.01 Å². The van der Waals surface area contributed by atoms with Crippen LogP contribution in [0, 0.1) is 4.91 Å². The third-order valence-corrected chi connectivity index (χ3v) is 2.61. The molecule has 0 aliphatic rings. The zero-order chi connectivity index (χ0) is 13.7. The fourth-order valence-corrected chi connectivity index (χ4v) is 1.76. The summed E-state index contributed by atoms with van der Waals surface area (Å²) in [6.07, 6.45) is 0. The highest BCUT2D eigenvalue weighted by atomic mass is 32.2. The number of hydrogen-bond donors (Lipinski definition) is 2. The Morgan fingerprint density at radius 3 is 2.83 bits per heavy atom. The quantitative estimate of drug-likeness (QED) is 0.372. The van der Waals surface area contributed by atoms with E-state index in [4.69, 9.17) is 0 Å². The van der Waals surface area contributed by atoms with Crippen molar-refractivity contribution in [3.63, 3.8) is 0 Å². The highest BCUT2D eigenvalue weighted by Crippen LogP contribution is 2.18. The average Bonchev–Trinajstić information content (AvgIpc) is 2.25. The molecular weight excluding hydrogens is 258 g/mol. The molecule has 0 aliphatic carbocycles. The van der Waals surface area contributed by atoms with Gasteiger partial charge in [0.05, 0.1) is 5.29 Å². The van der Waals surface area contributed by atoms with Crippen LogP contribution in [0.25, 0.3) is 0 Å². The first kappa shape index (κ1) is 14.2. The Bertz CT molecular complexity index is 501. The van der Waals surface area contributed by atoms with Crippen LogP contribution in [-0.2, 0) is 0 Å². The molecule has 1 aromatic rings. The minimum Gasteiger partial charge on any atom is -0.301 e. The van der Waals surface area contributed by atoms with E-state index in [0.717, 1.165) is 6.07 Å². The van der Waals surface area contributed by atoms with Crippen molar-refractivity contribution in [2.24, 2.45) is 5.29 Å². The van der Waals surface area contributed by atoms with Crippen LogP contribution < -0.4 is 10.9 Å². The molecule has 0 saturated carbocycles. The summed E-state index contributed by atoms with van der Waals surface area (Å²) in [5.74, 6) is 0.0717. The highest BCUT2D eigenvalue weighted by molar-refractivity contribution is 7.99. The number of nitroso groups, excluding NO2 is 1. The molecule has 0 fully saturated rings. The molecule has 1 aromatic heterocycles. The van der Waals surface area contributed by atoms with Gasteiger partial charge in [-0.3, -0.25) is 10.1 Å². The van der Waals surface area contributed by atoms with E-state index in [2.05, 4.69) is 20.6 Å². The monoisotopic (exact) mass is 271 g/mol. The highest BCUT2D eigenvalue weighted by Gasteiger charge is 2.11. The summed E-state index contributed by atoms with van der Waals surface area (Å²) in [5, 5.41) is 5.93. The maximum Gasteiger partial charge on any atom is 0.345 e. The summed E-state index contributed by atoms with van der Waals surface area (Å²) in [6.45, 7) is 3.89. The largest absolute Gasteiger partial charge is 0.345 e. The Morgan fingerprint density at radius 2 is 2.28 bits per heavy atom. The predicted molar refractivity (Wildman–Crippen MR) is 68.4 cm³/mol. The molecule has 9 heteroatoms. The normalized spacial score (nSPS) is 10.2. The number of aromatic amines is 1. The lowest BCUT2D eigenvalue weighted by molar-refractivity contribution is 0.223. The molecule has 0 aromatic carbocycles. The Balaban J connectivity index is 2.89. The van der Waals surface area contributed by atoms with Crippen LogP contribution in [0.4, 0.5) is 10.6 Å². The molecule has 0 unspecified atom stereocenters. The number of carbonyl (C=O) groups is 1. The smallest absolute Gasteiger partial charge is 0.301 e. The standard InChI is InChI=1S/C9H13N5O3S/c1-5(2)18-8-10-6(4-7(15)12-8)11-9(16)14(3)13-17/h4-5H,1-3H3,(H2,10,11,12,15,16). The van der Waals surface area contributed by atoms with E-state index in [1.165, 1.54) is 18.8 Å². The number of nitrogens with zero attached hydrogens (tertiary/aromatic N) is 3. The minimum absolute atomic E-state index is 0.0717. The lowest BCUT2D eigenvalue weighted by Gasteiger charge is -2.09. The Hall–Kier alpha value is -1.90. The molecule has 0 aliphatic heterocycles. The number of amides is 2. The molecule has 2 N–H and O–H groups in total. The van der Waals surface area contributed by atoms with Gasteiger partial charge in [-0.05, 0) is 0 Å². The molecule has 1 heterocycles. The maximum atomic E-state index is 11.4. The van der Waals surface area contributed by atoms with Gasteiger partial charge in [0.1, 0.15) is 5.82 Å². The predicted octanol–water partition coefficient (Wildman–Crippen LogP) is 1.42. The van der Waals surface area contributed by atoms with Crippen molar-refractivity contribution < 1.29 is 4.79 Å². The van der Waals surface area contributed by atoms with E-state index in [9.17, 15) is 14.5 Å². The van der Waals surface area contributed by atoms with E-state index in [-0.39, 0.29) is 16.6 Å². The number of aromatic nitrogens is 2. The number of urea groups is 1. The fraction of sp³-hybridized carbons (Fsp3) is 0.444. The first-order valence-electron chi connectivity index (χ1n) is 5.08. The van der Waals surface area contributed by atoms with Crippen molar-refractivity contribution in [2.75, 3.05) is 12.4 Å². The summed E-state index contributed by atoms with van der Waals surface area (Å²) in [4.78, 5) is 39.4. The van der Waals surface area contributed by atoms with Crippen molar-refractivity contribution in [3.8, 4) is 0 Å².